The summed E-state index contributed by atoms with van der Waals surface area (Å²) in [6.07, 6.45) is 3.63. The Balaban J connectivity index is 1.78. The maximum Gasteiger partial charge on any atom is 0.0468 e. The maximum absolute atomic E-state index is 5.41. The van der Waals surface area contributed by atoms with E-state index in [1.54, 1.807) is 0 Å². The minimum absolute atomic E-state index is 0.449. The van der Waals surface area contributed by atoms with Crippen LogP contribution in [0.15, 0.2) is 29.2 Å². The lowest BCUT2D eigenvalue weighted by atomic mass is 10.0. The summed E-state index contributed by atoms with van der Waals surface area (Å²) in [5.74, 6) is 2.06. The minimum Gasteiger partial charge on any atom is -0.381 e. The van der Waals surface area contributed by atoms with E-state index in [0.29, 0.717) is 6.04 Å². The highest BCUT2D eigenvalue weighted by Gasteiger charge is 2.14. The zero-order valence-electron chi connectivity index (χ0n) is 12.7. The summed E-state index contributed by atoms with van der Waals surface area (Å²) in [5.41, 5.74) is 1.38. The van der Waals surface area contributed by atoms with Crippen LogP contribution in [0.4, 0.5) is 0 Å². The fourth-order valence-electron chi connectivity index (χ4n) is 2.46. The number of nitrogens with one attached hydrogen (secondary N) is 1. The summed E-state index contributed by atoms with van der Waals surface area (Å²) < 4.78 is 5.41. The summed E-state index contributed by atoms with van der Waals surface area (Å²) >= 11 is 1.99. The van der Waals surface area contributed by atoms with Crippen LogP contribution < -0.4 is 5.32 Å². The van der Waals surface area contributed by atoms with Crippen molar-refractivity contribution in [3.05, 3.63) is 29.8 Å². The first-order chi connectivity index (χ1) is 9.79. The third kappa shape index (κ3) is 5.12. The van der Waals surface area contributed by atoms with Crippen LogP contribution >= 0.6 is 11.8 Å². The molecule has 0 bridgehead atoms. The Labute approximate surface area is 127 Å². The summed E-state index contributed by atoms with van der Waals surface area (Å²) in [4.78, 5) is 1.39. The molecule has 0 spiro atoms. The highest BCUT2D eigenvalue weighted by atomic mass is 32.2. The first-order valence-electron chi connectivity index (χ1n) is 7.83. The summed E-state index contributed by atoms with van der Waals surface area (Å²) in [6, 6.07) is 9.51. The molecule has 1 atom stereocenters. The van der Waals surface area contributed by atoms with Crippen LogP contribution in [0.2, 0.25) is 0 Å². The molecule has 0 aromatic heterocycles. The Kier molecular flexibility index (Phi) is 6.91. The quantitative estimate of drug-likeness (QED) is 0.759. The monoisotopic (exact) mass is 293 g/mol. The number of hydrogen-bond acceptors (Lipinski definition) is 3. The van der Waals surface area contributed by atoms with Gasteiger partial charge in [-0.1, -0.05) is 19.1 Å². The van der Waals surface area contributed by atoms with Gasteiger partial charge in [0.2, 0.25) is 0 Å². The fourth-order valence-corrected chi connectivity index (χ4v) is 3.55. The molecule has 1 N–H and O–H groups in total. The van der Waals surface area contributed by atoms with Crippen LogP contribution in [0.25, 0.3) is 0 Å². The van der Waals surface area contributed by atoms with Crippen LogP contribution in [0.1, 0.15) is 44.7 Å². The first kappa shape index (κ1) is 15.9. The smallest absolute Gasteiger partial charge is 0.0468 e. The molecule has 1 aromatic rings. The van der Waals surface area contributed by atoms with Crippen molar-refractivity contribution in [2.24, 2.45) is 5.92 Å². The van der Waals surface area contributed by atoms with E-state index in [2.05, 4.69) is 43.4 Å². The van der Waals surface area contributed by atoms with Gasteiger partial charge >= 0.3 is 0 Å². The van der Waals surface area contributed by atoms with Crippen LogP contribution in [0.5, 0.6) is 0 Å². The Morgan fingerprint density at radius 1 is 1.25 bits per heavy atom. The molecule has 1 aromatic carbocycles. The van der Waals surface area contributed by atoms with Crippen molar-refractivity contribution in [1.29, 1.82) is 0 Å². The average Bonchev–Trinajstić information content (AvgIpc) is 2.52. The molecule has 0 saturated carbocycles. The summed E-state index contributed by atoms with van der Waals surface area (Å²) in [6.45, 7) is 7.42. The molecule has 20 heavy (non-hydrogen) atoms. The van der Waals surface area contributed by atoms with Gasteiger partial charge in [0.15, 0.2) is 0 Å². The van der Waals surface area contributed by atoms with Gasteiger partial charge in [-0.05, 0) is 56.3 Å². The predicted molar refractivity (Wildman–Crippen MR) is 87.4 cm³/mol. The number of ether oxygens (including phenoxy) is 1. The molecule has 2 nitrogen and oxygen atoms in total. The second-order valence-electron chi connectivity index (χ2n) is 5.61. The molecule has 3 heteroatoms. The van der Waals surface area contributed by atoms with Crippen molar-refractivity contribution in [1.82, 2.24) is 5.32 Å². The zero-order chi connectivity index (χ0) is 14.2. The standard InChI is InChI=1S/C17H27NOS/c1-3-10-18-14(2)16-4-6-17(7-5-16)20-13-15-8-11-19-12-9-15/h4-7,14-15,18H,3,8-13H2,1-2H3. The van der Waals surface area contributed by atoms with Gasteiger partial charge in [0, 0.05) is 29.9 Å². The molecular weight excluding hydrogens is 266 g/mol. The lowest BCUT2D eigenvalue weighted by Gasteiger charge is -2.21. The van der Waals surface area contributed by atoms with Crippen LogP contribution in [-0.2, 0) is 4.74 Å². The number of thioether (sulfide) groups is 1. The van der Waals surface area contributed by atoms with Gasteiger partial charge in [0.05, 0.1) is 0 Å². The van der Waals surface area contributed by atoms with Crippen molar-refractivity contribution in [3.8, 4) is 0 Å². The SMILES string of the molecule is CCCNC(C)c1ccc(SCC2CCOCC2)cc1. The molecule has 1 aliphatic heterocycles. The van der Waals surface area contributed by atoms with Crippen molar-refractivity contribution in [3.63, 3.8) is 0 Å². The van der Waals surface area contributed by atoms with Gasteiger partial charge in [-0.3, -0.25) is 0 Å². The number of rotatable bonds is 7. The molecule has 0 amide bonds. The van der Waals surface area contributed by atoms with E-state index < -0.39 is 0 Å². The van der Waals surface area contributed by atoms with Crippen LogP contribution in [-0.4, -0.2) is 25.5 Å². The lowest BCUT2D eigenvalue weighted by molar-refractivity contribution is 0.0728. The number of benzene rings is 1. The van der Waals surface area contributed by atoms with Gasteiger partial charge in [-0.2, -0.15) is 0 Å². The second kappa shape index (κ2) is 8.71. The Morgan fingerprint density at radius 2 is 1.95 bits per heavy atom. The Morgan fingerprint density at radius 3 is 2.60 bits per heavy atom. The molecule has 1 saturated heterocycles. The van der Waals surface area contributed by atoms with Gasteiger partial charge in [-0.15, -0.1) is 11.8 Å². The molecule has 0 radical (unpaired) electrons. The molecule has 2 rings (SSSR count). The Hall–Kier alpha value is -0.510. The van der Waals surface area contributed by atoms with Crippen molar-refractivity contribution >= 4 is 11.8 Å². The Bertz CT molecular complexity index is 373. The minimum atomic E-state index is 0.449. The average molecular weight is 293 g/mol. The summed E-state index contributed by atoms with van der Waals surface area (Å²) in [5, 5.41) is 3.53. The van der Waals surface area contributed by atoms with Gasteiger partial charge in [0.25, 0.3) is 0 Å². The van der Waals surface area contributed by atoms with E-state index >= 15 is 0 Å². The highest BCUT2D eigenvalue weighted by molar-refractivity contribution is 7.99. The van der Waals surface area contributed by atoms with Crippen molar-refractivity contribution < 1.29 is 4.74 Å². The topological polar surface area (TPSA) is 21.3 Å². The van der Waals surface area contributed by atoms with E-state index in [0.717, 1.165) is 25.7 Å². The number of hydrogen-bond donors (Lipinski definition) is 1. The van der Waals surface area contributed by atoms with Crippen LogP contribution in [0, 0.1) is 5.92 Å². The third-order valence-corrected chi connectivity index (χ3v) is 5.15. The van der Waals surface area contributed by atoms with E-state index in [4.69, 9.17) is 4.74 Å². The zero-order valence-corrected chi connectivity index (χ0v) is 13.5. The van der Waals surface area contributed by atoms with E-state index in [1.807, 2.05) is 11.8 Å². The largest absolute Gasteiger partial charge is 0.381 e. The first-order valence-corrected chi connectivity index (χ1v) is 8.82. The van der Waals surface area contributed by atoms with Crippen molar-refractivity contribution in [2.45, 2.75) is 44.0 Å². The van der Waals surface area contributed by atoms with E-state index in [1.165, 1.54) is 35.5 Å². The lowest BCUT2D eigenvalue weighted by Crippen LogP contribution is -2.19. The van der Waals surface area contributed by atoms with Crippen LogP contribution in [0.3, 0.4) is 0 Å². The normalized spacial score (nSPS) is 18.1. The van der Waals surface area contributed by atoms with Gasteiger partial charge in [0.1, 0.15) is 0 Å². The van der Waals surface area contributed by atoms with Gasteiger partial charge < -0.3 is 10.1 Å². The molecule has 112 valence electrons. The van der Waals surface area contributed by atoms with E-state index in [9.17, 15) is 0 Å². The van der Waals surface area contributed by atoms with Crippen molar-refractivity contribution in [2.75, 3.05) is 25.5 Å². The maximum atomic E-state index is 5.41. The fraction of sp³-hybridized carbons (Fsp3) is 0.647. The summed E-state index contributed by atoms with van der Waals surface area (Å²) in [7, 11) is 0. The second-order valence-corrected chi connectivity index (χ2v) is 6.71. The molecule has 1 aliphatic rings. The molecule has 1 heterocycles. The molecule has 1 fully saturated rings. The van der Waals surface area contributed by atoms with E-state index in [-0.39, 0.29) is 0 Å². The molecular formula is C17H27NOS. The molecule has 1 unspecified atom stereocenters. The predicted octanol–water partition coefficient (Wildman–Crippen LogP) is 4.27. The van der Waals surface area contributed by atoms with Gasteiger partial charge in [-0.25, -0.2) is 0 Å². The third-order valence-electron chi connectivity index (χ3n) is 3.91. The highest BCUT2D eigenvalue weighted by Crippen LogP contribution is 2.26. The molecule has 0 aliphatic carbocycles.